The molecule has 142 valence electrons. The SMILES string of the molecule is COc1ccc(OC)c(S(=O)(=O)N2CCC(c3cc4ccccc4[nH]3)C2)c1. The quantitative estimate of drug-likeness (QED) is 0.730. The second-order valence-electron chi connectivity index (χ2n) is 6.68. The Labute approximate surface area is 158 Å². The molecule has 0 spiro atoms. The number of H-pyrrole nitrogens is 1. The summed E-state index contributed by atoms with van der Waals surface area (Å²) in [5, 5.41) is 1.14. The fourth-order valence-electron chi connectivity index (χ4n) is 3.64. The van der Waals surface area contributed by atoms with E-state index in [1.54, 1.807) is 12.1 Å². The van der Waals surface area contributed by atoms with E-state index >= 15 is 0 Å². The lowest BCUT2D eigenvalue weighted by atomic mass is 10.1. The van der Waals surface area contributed by atoms with E-state index in [1.807, 2.05) is 18.2 Å². The van der Waals surface area contributed by atoms with Crippen molar-refractivity contribution in [2.24, 2.45) is 0 Å². The number of aromatic nitrogens is 1. The van der Waals surface area contributed by atoms with Crippen LogP contribution in [-0.4, -0.2) is 45.0 Å². The zero-order valence-corrected chi connectivity index (χ0v) is 16.1. The van der Waals surface area contributed by atoms with Gasteiger partial charge in [-0.1, -0.05) is 18.2 Å². The minimum Gasteiger partial charge on any atom is -0.497 e. The van der Waals surface area contributed by atoms with Crippen molar-refractivity contribution in [1.82, 2.24) is 9.29 Å². The molecule has 0 radical (unpaired) electrons. The van der Waals surface area contributed by atoms with Crippen LogP contribution in [-0.2, 0) is 10.0 Å². The van der Waals surface area contributed by atoms with Gasteiger partial charge in [0.1, 0.15) is 16.4 Å². The molecular formula is C20H22N2O4S. The molecule has 1 saturated heterocycles. The summed E-state index contributed by atoms with van der Waals surface area (Å²) in [7, 11) is -0.686. The molecule has 0 aliphatic carbocycles. The molecule has 7 heteroatoms. The first kappa shape index (κ1) is 17.9. The highest BCUT2D eigenvalue weighted by Gasteiger charge is 2.35. The van der Waals surface area contributed by atoms with E-state index in [9.17, 15) is 8.42 Å². The normalized spacial score (nSPS) is 18.1. The van der Waals surface area contributed by atoms with Gasteiger partial charge in [-0.05, 0) is 36.1 Å². The molecule has 1 aliphatic rings. The number of methoxy groups -OCH3 is 2. The molecule has 6 nitrogen and oxygen atoms in total. The second kappa shape index (κ2) is 6.90. The molecule has 4 rings (SSSR count). The topological polar surface area (TPSA) is 71.6 Å². The smallest absolute Gasteiger partial charge is 0.246 e. The number of ether oxygens (including phenoxy) is 2. The maximum Gasteiger partial charge on any atom is 0.246 e. The zero-order chi connectivity index (χ0) is 19.0. The van der Waals surface area contributed by atoms with Crippen molar-refractivity contribution in [1.29, 1.82) is 0 Å². The average Bonchev–Trinajstić information content (AvgIpc) is 3.34. The number of nitrogens with one attached hydrogen (secondary N) is 1. The van der Waals surface area contributed by atoms with Crippen molar-refractivity contribution in [2.45, 2.75) is 17.2 Å². The molecule has 27 heavy (non-hydrogen) atoms. The highest BCUT2D eigenvalue weighted by molar-refractivity contribution is 7.89. The third-order valence-corrected chi connectivity index (χ3v) is 7.02. The van der Waals surface area contributed by atoms with Gasteiger partial charge in [0.25, 0.3) is 0 Å². The molecule has 1 N–H and O–H groups in total. The van der Waals surface area contributed by atoms with E-state index in [1.165, 1.54) is 24.6 Å². The molecule has 1 atom stereocenters. The summed E-state index contributed by atoms with van der Waals surface area (Å²) in [6.07, 6.45) is 0.776. The number of para-hydroxylation sites is 1. The Morgan fingerprint density at radius 2 is 1.89 bits per heavy atom. The molecule has 1 fully saturated rings. The third-order valence-electron chi connectivity index (χ3n) is 5.13. The molecule has 0 bridgehead atoms. The minimum absolute atomic E-state index is 0.140. The number of sulfonamides is 1. The molecule has 3 aromatic rings. The van der Waals surface area contributed by atoms with E-state index in [0.29, 0.717) is 24.6 Å². The van der Waals surface area contributed by atoms with Gasteiger partial charge in [-0.3, -0.25) is 0 Å². The van der Waals surface area contributed by atoms with E-state index < -0.39 is 10.0 Å². The van der Waals surface area contributed by atoms with Gasteiger partial charge in [-0.25, -0.2) is 8.42 Å². The largest absolute Gasteiger partial charge is 0.497 e. The van der Waals surface area contributed by atoms with Crippen molar-refractivity contribution in [3.63, 3.8) is 0 Å². The van der Waals surface area contributed by atoms with Gasteiger partial charge >= 0.3 is 0 Å². The highest BCUT2D eigenvalue weighted by Crippen LogP contribution is 2.36. The van der Waals surface area contributed by atoms with Crippen LogP contribution < -0.4 is 9.47 Å². The average molecular weight is 386 g/mol. The van der Waals surface area contributed by atoms with Crippen LogP contribution >= 0.6 is 0 Å². The Hall–Kier alpha value is -2.51. The van der Waals surface area contributed by atoms with Gasteiger partial charge in [-0.15, -0.1) is 0 Å². The number of aromatic amines is 1. The number of hydrogen-bond acceptors (Lipinski definition) is 4. The molecule has 1 unspecified atom stereocenters. The fourth-order valence-corrected chi connectivity index (χ4v) is 5.31. The van der Waals surface area contributed by atoms with Crippen molar-refractivity contribution in [3.8, 4) is 11.5 Å². The lowest BCUT2D eigenvalue weighted by molar-refractivity contribution is 0.388. The Bertz CT molecular complexity index is 1040. The summed E-state index contributed by atoms with van der Waals surface area (Å²) in [5.41, 5.74) is 2.15. The molecular weight excluding hydrogens is 364 g/mol. The number of benzene rings is 2. The zero-order valence-electron chi connectivity index (χ0n) is 15.3. The van der Waals surface area contributed by atoms with E-state index in [2.05, 4.69) is 17.1 Å². The summed E-state index contributed by atoms with van der Waals surface area (Å²) in [5.74, 6) is 0.953. The number of nitrogens with zero attached hydrogens (tertiary/aromatic N) is 1. The van der Waals surface area contributed by atoms with Gasteiger partial charge in [0.05, 0.1) is 14.2 Å². The predicted molar refractivity (Wildman–Crippen MR) is 104 cm³/mol. The van der Waals surface area contributed by atoms with Crippen molar-refractivity contribution < 1.29 is 17.9 Å². The van der Waals surface area contributed by atoms with E-state index in [4.69, 9.17) is 9.47 Å². The van der Waals surface area contributed by atoms with Gasteiger partial charge in [-0.2, -0.15) is 4.31 Å². The van der Waals surface area contributed by atoms with Crippen molar-refractivity contribution in [2.75, 3.05) is 27.3 Å². The monoisotopic (exact) mass is 386 g/mol. The molecule has 0 amide bonds. The Kier molecular flexibility index (Phi) is 4.57. The van der Waals surface area contributed by atoms with Gasteiger partial charge in [0, 0.05) is 36.3 Å². The van der Waals surface area contributed by atoms with Crippen LogP contribution in [0.4, 0.5) is 0 Å². The first-order valence-electron chi connectivity index (χ1n) is 8.83. The van der Waals surface area contributed by atoms with Crippen LogP contribution in [0.25, 0.3) is 10.9 Å². The summed E-state index contributed by atoms with van der Waals surface area (Å²) >= 11 is 0. The van der Waals surface area contributed by atoms with Crippen LogP contribution in [0.3, 0.4) is 0 Å². The van der Waals surface area contributed by atoms with Crippen molar-refractivity contribution in [3.05, 3.63) is 54.2 Å². The molecule has 2 heterocycles. The fraction of sp³-hybridized carbons (Fsp3) is 0.300. The first-order chi connectivity index (χ1) is 13.0. The van der Waals surface area contributed by atoms with Crippen LogP contribution in [0, 0.1) is 0 Å². The third kappa shape index (κ3) is 3.17. The summed E-state index contributed by atoms with van der Waals surface area (Å²) in [6, 6.07) is 15.0. The molecule has 0 saturated carbocycles. The number of fused-ring (bicyclic) bond motifs is 1. The molecule has 1 aliphatic heterocycles. The van der Waals surface area contributed by atoms with Crippen molar-refractivity contribution >= 4 is 20.9 Å². The van der Waals surface area contributed by atoms with E-state index in [-0.39, 0.29) is 10.8 Å². The summed E-state index contributed by atoms with van der Waals surface area (Å²) in [6.45, 7) is 0.915. The summed E-state index contributed by atoms with van der Waals surface area (Å²) < 4.78 is 38.4. The lowest BCUT2D eigenvalue weighted by Gasteiger charge is -2.19. The Morgan fingerprint density at radius 1 is 1.07 bits per heavy atom. The maximum absolute atomic E-state index is 13.2. The predicted octanol–water partition coefficient (Wildman–Crippen LogP) is 3.36. The van der Waals surface area contributed by atoms with Crippen LogP contribution in [0.1, 0.15) is 18.0 Å². The standard InChI is InChI=1S/C20H22N2O4S/c1-25-16-7-8-19(26-2)20(12-16)27(23,24)22-10-9-15(13-22)18-11-14-5-3-4-6-17(14)21-18/h3-8,11-12,15,21H,9-10,13H2,1-2H3. The minimum atomic E-state index is -3.67. The number of hydrogen-bond donors (Lipinski definition) is 1. The van der Waals surface area contributed by atoms with E-state index in [0.717, 1.165) is 23.0 Å². The highest BCUT2D eigenvalue weighted by atomic mass is 32.2. The van der Waals surface area contributed by atoms with Crippen LogP contribution in [0.5, 0.6) is 11.5 Å². The van der Waals surface area contributed by atoms with Gasteiger partial charge < -0.3 is 14.5 Å². The van der Waals surface area contributed by atoms with Gasteiger partial charge in [0.15, 0.2) is 0 Å². The van der Waals surface area contributed by atoms with Gasteiger partial charge in [0.2, 0.25) is 10.0 Å². The maximum atomic E-state index is 13.2. The Balaban J connectivity index is 1.62. The van der Waals surface area contributed by atoms with Crippen LogP contribution in [0.15, 0.2) is 53.4 Å². The Morgan fingerprint density at radius 3 is 2.63 bits per heavy atom. The molecule has 1 aromatic heterocycles. The number of rotatable bonds is 5. The molecule has 2 aromatic carbocycles. The lowest BCUT2D eigenvalue weighted by Crippen LogP contribution is -2.29. The first-order valence-corrected chi connectivity index (χ1v) is 10.3. The summed E-state index contributed by atoms with van der Waals surface area (Å²) in [4.78, 5) is 3.56. The second-order valence-corrected chi connectivity index (χ2v) is 8.58. The van der Waals surface area contributed by atoms with Crippen LogP contribution in [0.2, 0.25) is 0 Å².